The van der Waals surface area contributed by atoms with E-state index >= 15 is 0 Å². The van der Waals surface area contributed by atoms with Gasteiger partial charge < -0.3 is 15.2 Å². The second-order valence-corrected chi connectivity index (χ2v) is 7.74. The van der Waals surface area contributed by atoms with Gasteiger partial charge in [-0.15, -0.1) is 0 Å². The Kier molecular flexibility index (Phi) is 6.60. The number of fused-ring (bicyclic) bond motifs is 1. The van der Waals surface area contributed by atoms with Crippen LogP contribution in [0.4, 0.5) is 5.95 Å². The van der Waals surface area contributed by atoms with Gasteiger partial charge in [0.05, 0.1) is 5.52 Å². The van der Waals surface area contributed by atoms with E-state index in [0.717, 1.165) is 30.9 Å². The van der Waals surface area contributed by atoms with Crippen LogP contribution in [0.3, 0.4) is 0 Å². The number of rotatable bonds is 3. The van der Waals surface area contributed by atoms with Crippen molar-refractivity contribution in [1.29, 1.82) is 0 Å². The Morgan fingerprint density at radius 1 is 1.14 bits per heavy atom. The number of nitrogens with zero attached hydrogens (tertiary/aromatic N) is 3. The second kappa shape index (κ2) is 8.78. The molecule has 6 nitrogen and oxygen atoms in total. The molecule has 3 heterocycles. The van der Waals surface area contributed by atoms with E-state index < -0.39 is 0 Å². The zero-order valence-electron chi connectivity index (χ0n) is 14.7. The van der Waals surface area contributed by atoms with E-state index in [-0.39, 0.29) is 25.4 Å². The average Bonchev–Trinajstić information content (AvgIpc) is 3.04. The van der Waals surface area contributed by atoms with Gasteiger partial charge in [-0.05, 0) is 43.2 Å². The lowest BCUT2D eigenvalue weighted by Gasteiger charge is -2.32. The van der Waals surface area contributed by atoms with Gasteiger partial charge in [-0.2, -0.15) is 18.5 Å². The fourth-order valence-electron chi connectivity index (χ4n) is 3.25. The number of halogens is 3. The lowest BCUT2D eigenvalue weighted by Crippen LogP contribution is -2.48. The number of hydrogen-bond donors (Lipinski definition) is 2. The summed E-state index contributed by atoms with van der Waals surface area (Å²) in [5.41, 5.74) is 1.86. The summed E-state index contributed by atoms with van der Waals surface area (Å²) < 4.78 is 0. The minimum absolute atomic E-state index is 0. The second-order valence-electron chi connectivity index (χ2n) is 6.48. The SMILES string of the molecule is O=C(N[C@H]1CCCN(c2nc3nc(Cl)ccc3[nH]2)C1)c1cc(Cl)cc(Cl)c1.S. The first kappa shape index (κ1) is 21.0. The smallest absolute Gasteiger partial charge is 0.251 e. The van der Waals surface area contributed by atoms with Crippen molar-refractivity contribution in [2.45, 2.75) is 18.9 Å². The summed E-state index contributed by atoms with van der Waals surface area (Å²) in [4.78, 5) is 26.6. The van der Waals surface area contributed by atoms with E-state index in [9.17, 15) is 4.79 Å². The van der Waals surface area contributed by atoms with Crippen LogP contribution >= 0.6 is 48.3 Å². The van der Waals surface area contributed by atoms with E-state index in [2.05, 4.69) is 25.2 Å². The molecule has 2 aromatic heterocycles. The van der Waals surface area contributed by atoms with E-state index in [4.69, 9.17) is 34.8 Å². The number of anilines is 1. The first-order valence-corrected chi connectivity index (χ1v) is 9.65. The van der Waals surface area contributed by atoms with Gasteiger partial charge in [0, 0.05) is 34.7 Å². The van der Waals surface area contributed by atoms with Crippen molar-refractivity contribution < 1.29 is 4.79 Å². The maximum absolute atomic E-state index is 12.5. The zero-order valence-corrected chi connectivity index (χ0v) is 17.9. The van der Waals surface area contributed by atoms with Crippen molar-refractivity contribution in [3.05, 3.63) is 51.1 Å². The lowest BCUT2D eigenvalue weighted by molar-refractivity contribution is 0.0933. The third-order valence-electron chi connectivity index (χ3n) is 4.48. The highest BCUT2D eigenvalue weighted by atomic mass is 35.5. The molecular weight excluding hydrogens is 441 g/mol. The molecule has 1 fully saturated rings. The number of imidazole rings is 1. The Labute approximate surface area is 184 Å². The molecule has 4 rings (SSSR count). The van der Waals surface area contributed by atoms with Crippen LogP contribution in [0.25, 0.3) is 11.2 Å². The van der Waals surface area contributed by atoms with E-state index in [1.807, 2.05) is 6.07 Å². The van der Waals surface area contributed by atoms with Gasteiger partial charge in [-0.3, -0.25) is 4.79 Å². The summed E-state index contributed by atoms with van der Waals surface area (Å²) in [5, 5.41) is 4.34. The molecule has 28 heavy (non-hydrogen) atoms. The Hall–Kier alpha value is -1.67. The van der Waals surface area contributed by atoms with E-state index in [0.29, 0.717) is 33.0 Å². The van der Waals surface area contributed by atoms with Crippen LogP contribution in [0.1, 0.15) is 23.2 Å². The van der Waals surface area contributed by atoms with Crippen LogP contribution in [-0.2, 0) is 0 Å². The monoisotopic (exact) mass is 457 g/mol. The predicted octanol–water partition coefficient (Wildman–Crippen LogP) is 4.43. The number of piperidine rings is 1. The summed E-state index contributed by atoms with van der Waals surface area (Å²) in [6.45, 7) is 1.50. The molecule has 0 spiro atoms. The maximum Gasteiger partial charge on any atom is 0.251 e. The number of pyridine rings is 1. The fourth-order valence-corrected chi connectivity index (χ4v) is 3.92. The number of carbonyl (C=O) groups excluding carboxylic acids is 1. The van der Waals surface area contributed by atoms with Gasteiger partial charge in [0.15, 0.2) is 5.65 Å². The molecule has 1 atom stereocenters. The molecule has 0 radical (unpaired) electrons. The summed E-state index contributed by atoms with van der Waals surface area (Å²) in [6.07, 6.45) is 1.83. The molecule has 1 aromatic carbocycles. The Bertz CT molecular complexity index is 992. The molecule has 2 N–H and O–H groups in total. The Morgan fingerprint density at radius 3 is 2.64 bits per heavy atom. The van der Waals surface area contributed by atoms with Gasteiger partial charge in [0.25, 0.3) is 5.91 Å². The first-order valence-electron chi connectivity index (χ1n) is 8.52. The molecule has 0 bridgehead atoms. The van der Waals surface area contributed by atoms with Crippen LogP contribution in [0.5, 0.6) is 0 Å². The van der Waals surface area contributed by atoms with Crippen LogP contribution < -0.4 is 10.2 Å². The molecule has 1 aliphatic heterocycles. The molecule has 0 saturated carbocycles. The number of aromatic amines is 1. The van der Waals surface area contributed by atoms with Crippen molar-refractivity contribution in [2.24, 2.45) is 0 Å². The number of amides is 1. The number of benzene rings is 1. The Balaban J connectivity index is 0.00000225. The fraction of sp³-hybridized carbons (Fsp3) is 0.278. The van der Waals surface area contributed by atoms with E-state index in [1.165, 1.54) is 0 Å². The topological polar surface area (TPSA) is 73.9 Å². The van der Waals surface area contributed by atoms with Gasteiger partial charge in [-0.25, -0.2) is 4.98 Å². The summed E-state index contributed by atoms with van der Waals surface area (Å²) >= 11 is 17.9. The van der Waals surface area contributed by atoms with Crippen LogP contribution in [0.2, 0.25) is 15.2 Å². The highest BCUT2D eigenvalue weighted by Crippen LogP contribution is 2.22. The molecule has 1 saturated heterocycles. The van der Waals surface area contributed by atoms with Crippen molar-refractivity contribution in [3.63, 3.8) is 0 Å². The molecule has 0 unspecified atom stereocenters. The van der Waals surface area contributed by atoms with Gasteiger partial charge >= 0.3 is 0 Å². The summed E-state index contributed by atoms with van der Waals surface area (Å²) in [6, 6.07) is 8.39. The summed E-state index contributed by atoms with van der Waals surface area (Å²) in [7, 11) is 0. The molecule has 10 heteroatoms. The zero-order chi connectivity index (χ0) is 19.0. The number of nitrogens with one attached hydrogen (secondary N) is 2. The number of aromatic nitrogens is 3. The van der Waals surface area contributed by atoms with Crippen LogP contribution in [-0.4, -0.2) is 40.0 Å². The minimum Gasteiger partial charge on any atom is -0.348 e. The molecular formula is C18H18Cl3N5OS. The molecule has 1 aliphatic rings. The number of carbonyl (C=O) groups is 1. The first-order chi connectivity index (χ1) is 13.0. The molecule has 1 amide bonds. The molecule has 148 valence electrons. The Morgan fingerprint density at radius 2 is 1.89 bits per heavy atom. The van der Waals surface area contributed by atoms with Crippen molar-refractivity contribution >= 4 is 71.3 Å². The van der Waals surface area contributed by atoms with E-state index in [1.54, 1.807) is 24.3 Å². The highest BCUT2D eigenvalue weighted by molar-refractivity contribution is 7.59. The van der Waals surface area contributed by atoms with Crippen LogP contribution in [0, 0.1) is 0 Å². The largest absolute Gasteiger partial charge is 0.348 e. The van der Waals surface area contributed by atoms with Crippen molar-refractivity contribution in [2.75, 3.05) is 18.0 Å². The highest BCUT2D eigenvalue weighted by Gasteiger charge is 2.24. The lowest BCUT2D eigenvalue weighted by atomic mass is 10.1. The predicted molar refractivity (Wildman–Crippen MR) is 118 cm³/mol. The third kappa shape index (κ3) is 4.66. The van der Waals surface area contributed by atoms with Crippen molar-refractivity contribution in [3.8, 4) is 0 Å². The van der Waals surface area contributed by atoms with Crippen LogP contribution in [0.15, 0.2) is 30.3 Å². The normalized spacial score (nSPS) is 16.7. The quantitative estimate of drug-likeness (QED) is 0.569. The van der Waals surface area contributed by atoms with Gasteiger partial charge in [0.1, 0.15) is 5.15 Å². The standard InChI is InChI=1S/C18H16Cl3N5O.H2S/c19-11-6-10(7-12(20)8-11)17(27)22-13-2-1-5-26(9-13)18-23-14-3-4-15(21)24-16(14)25-18;/h3-4,6-8,13H,1-2,5,9H2,(H,22,27)(H,23,24,25);1H2/t13-;/m0./s1. The van der Waals surface area contributed by atoms with Gasteiger partial charge in [-0.1, -0.05) is 34.8 Å². The third-order valence-corrected chi connectivity index (χ3v) is 5.13. The summed E-state index contributed by atoms with van der Waals surface area (Å²) in [5.74, 6) is 0.536. The number of H-pyrrole nitrogens is 1. The molecule has 0 aliphatic carbocycles. The van der Waals surface area contributed by atoms with Gasteiger partial charge in [0.2, 0.25) is 5.95 Å². The average molecular weight is 459 g/mol. The van der Waals surface area contributed by atoms with Crippen molar-refractivity contribution in [1.82, 2.24) is 20.3 Å². The minimum atomic E-state index is -0.190. The maximum atomic E-state index is 12.5. The number of hydrogen-bond acceptors (Lipinski definition) is 4. The molecule has 3 aromatic rings.